The molecule has 176 valence electrons. The molecular weight excluding hydrogens is 501 g/mol. The van der Waals surface area contributed by atoms with Crippen molar-refractivity contribution in [2.24, 2.45) is 10.9 Å². The highest BCUT2D eigenvalue weighted by Crippen LogP contribution is 2.14. The highest BCUT2D eigenvalue weighted by molar-refractivity contribution is 14.0. The van der Waals surface area contributed by atoms with Gasteiger partial charge in [0.25, 0.3) is 0 Å². The summed E-state index contributed by atoms with van der Waals surface area (Å²) < 4.78 is 16.1. The second-order valence-electron chi connectivity index (χ2n) is 7.56. The van der Waals surface area contributed by atoms with Gasteiger partial charge >= 0.3 is 0 Å². The number of rotatable bonds is 11. The normalized spacial score (nSPS) is 18.7. The summed E-state index contributed by atoms with van der Waals surface area (Å²) in [6.07, 6.45) is 3.20. The first-order valence-electron chi connectivity index (χ1n) is 10.8. The third kappa shape index (κ3) is 11.1. The molecule has 0 saturated carbocycles. The molecule has 2 aliphatic rings. The number of piperazine rings is 1. The van der Waals surface area contributed by atoms with E-state index in [1.165, 1.54) is 0 Å². The van der Waals surface area contributed by atoms with Crippen molar-refractivity contribution in [2.45, 2.75) is 19.3 Å². The second-order valence-corrected chi connectivity index (χ2v) is 7.56. The number of amides is 1. The van der Waals surface area contributed by atoms with Crippen LogP contribution in [0.4, 0.5) is 0 Å². The number of nitrogens with zero attached hydrogens (tertiary/aromatic N) is 3. The van der Waals surface area contributed by atoms with E-state index in [0.29, 0.717) is 25.6 Å². The molecule has 0 aromatic carbocycles. The first-order chi connectivity index (χ1) is 14.2. The Balaban J connectivity index is 0.00000450. The zero-order chi connectivity index (χ0) is 20.7. The zero-order valence-corrected chi connectivity index (χ0v) is 20.9. The summed E-state index contributed by atoms with van der Waals surface area (Å²) in [7, 11) is 3.45. The molecule has 0 bridgehead atoms. The molecule has 0 radical (unpaired) electrons. The van der Waals surface area contributed by atoms with Crippen molar-refractivity contribution >= 4 is 35.8 Å². The predicted octanol–water partition coefficient (Wildman–Crippen LogP) is 0.393. The Bertz CT molecular complexity index is 484. The number of aliphatic imine (C=N–C) groups is 1. The lowest BCUT2D eigenvalue weighted by Gasteiger charge is -2.36. The second kappa shape index (κ2) is 16.9. The lowest BCUT2D eigenvalue weighted by molar-refractivity contribution is -0.122. The van der Waals surface area contributed by atoms with E-state index in [1.54, 1.807) is 7.11 Å². The SMILES string of the molecule is CN=C(NCCCOCC1CCOCC1)N1CCN(CC(=O)NCCOC)CC1.I. The third-order valence-electron chi connectivity index (χ3n) is 5.32. The number of guanidine groups is 1. The highest BCUT2D eigenvalue weighted by atomic mass is 127. The van der Waals surface area contributed by atoms with Gasteiger partial charge < -0.3 is 29.7 Å². The standard InChI is InChI=1S/C20H39N5O4.HI/c1-21-20(23-6-3-12-29-17-18-4-13-28-14-5-18)25-10-8-24(9-11-25)16-19(26)22-7-15-27-2;/h18H,3-17H2,1-2H3,(H,21,23)(H,22,26);1H. The van der Waals surface area contributed by atoms with Crippen molar-refractivity contribution in [1.29, 1.82) is 0 Å². The minimum atomic E-state index is 0. The predicted molar refractivity (Wildman–Crippen MR) is 129 cm³/mol. The molecule has 0 spiro atoms. The molecule has 0 atom stereocenters. The van der Waals surface area contributed by atoms with E-state index in [4.69, 9.17) is 14.2 Å². The minimum Gasteiger partial charge on any atom is -0.383 e. The molecule has 2 saturated heterocycles. The van der Waals surface area contributed by atoms with Crippen molar-refractivity contribution in [2.75, 3.05) is 93.0 Å². The number of nitrogens with one attached hydrogen (secondary N) is 2. The van der Waals surface area contributed by atoms with Crippen LogP contribution in [0.15, 0.2) is 4.99 Å². The van der Waals surface area contributed by atoms with Crippen molar-refractivity contribution < 1.29 is 19.0 Å². The highest BCUT2D eigenvalue weighted by Gasteiger charge is 2.21. The van der Waals surface area contributed by atoms with Gasteiger partial charge in [0, 0.05) is 79.9 Å². The van der Waals surface area contributed by atoms with E-state index >= 15 is 0 Å². The fourth-order valence-corrected chi connectivity index (χ4v) is 3.54. The molecule has 0 aromatic rings. The fraction of sp³-hybridized carbons (Fsp3) is 0.900. The summed E-state index contributed by atoms with van der Waals surface area (Å²) in [5, 5.41) is 6.30. The van der Waals surface area contributed by atoms with Gasteiger partial charge in [-0.2, -0.15) is 0 Å². The Morgan fingerprint density at radius 1 is 1.10 bits per heavy atom. The lowest BCUT2D eigenvalue weighted by Crippen LogP contribution is -2.54. The molecule has 9 nitrogen and oxygen atoms in total. The lowest BCUT2D eigenvalue weighted by atomic mass is 10.0. The smallest absolute Gasteiger partial charge is 0.234 e. The molecule has 1 amide bonds. The van der Waals surface area contributed by atoms with Crippen LogP contribution >= 0.6 is 24.0 Å². The maximum Gasteiger partial charge on any atom is 0.234 e. The summed E-state index contributed by atoms with van der Waals surface area (Å²) in [6.45, 7) is 9.20. The van der Waals surface area contributed by atoms with Gasteiger partial charge in [0.1, 0.15) is 0 Å². The summed E-state index contributed by atoms with van der Waals surface area (Å²) in [6, 6.07) is 0. The molecule has 2 fully saturated rings. The summed E-state index contributed by atoms with van der Waals surface area (Å²) >= 11 is 0. The Labute approximate surface area is 198 Å². The topological polar surface area (TPSA) is 87.7 Å². The summed E-state index contributed by atoms with van der Waals surface area (Å²) in [5.74, 6) is 1.64. The third-order valence-corrected chi connectivity index (χ3v) is 5.32. The molecule has 30 heavy (non-hydrogen) atoms. The average molecular weight is 541 g/mol. The number of hydrogen-bond acceptors (Lipinski definition) is 6. The van der Waals surface area contributed by atoms with E-state index in [-0.39, 0.29) is 29.9 Å². The molecule has 10 heteroatoms. The van der Waals surface area contributed by atoms with Crippen LogP contribution in [0.25, 0.3) is 0 Å². The van der Waals surface area contributed by atoms with Gasteiger partial charge in [-0.1, -0.05) is 0 Å². The molecule has 0 unspecified atom stereocenters. The molecule has 2 aliphatic heterocycles. The molecule has 2 N–H and O–H groups in total. The van der Waals surface area contributed by atoms with Gasteiger partial charge in [0.2, 0.25) is 5.91 Å². The number of halogens is 1. The number of carbonyl (C=O) groups excluding carboxylic acids is 1. The van der Waals surface area contributed by atoms with Crippen LogP contribution in [0.5, 0.6) is 0 Å². The first kappa shape index (κ1) is 27.3. The Morgan fingerprint density at radius 2 is 1.83 bits per heavy atom. The molecular formula is C20H40IN5O4. The quantitative estimate of drug-likeness (QED) is 0.170. The fourth-order valence-electron chi connectivity index (χ4n) is 3.54. The van der Waals surface area contributed by atoms with Gasteiger partial charge in [-0.3, -0.25) is 14.7 Å². The molecule has 2 heterocycles. The van der Waals surface area contributed by atoms with Crippen LogP contribution in [-0.4, -0.2) is 115 Å². The summed E-state index contributed by atoms with van der Waals surface area (Å²) in [4.78, 5) is 20.7. The molecule has 0 aromatic heterocycles. The van der Waals surface area contributed by atoms with Crippen LogP contribution in [0.2, 0.25) is 0 Å². The maximum absolute atomic E-state index is 11.9. The van der Waals surface area contributed by atoms with Crippen LogP contribution in [0.3, 0.4) is 0 Å². The van der Waals surface area contributed by atoms with E-state index in [1.807, 2.05) is 7.05 Å². The first-order valence-corrected chi connectivity index (χ1v) is 10.8. The van der Waals surface area contributed by atoms with Gasteiger partial charge in [0.05, 0.1) is 13.2 Å². The van der Waals surface area contributed by atoms with E-state index < -0.39 is 0 Å². The number of methoxy groups -OCH3 is 1. The van der Waals surface area contributed by atoms with Gasteiger partial charge in [-0.05, 0) is 25.2 Å². The summed E-state index contributed by atoms with van der Waals surface area (Å²) in [5.41, 5.74) is 0. The van der Waals surface area contributed by atoms with E-state index in [0.717, 1.165) is 84.4 Å². The maximum atomic E-state index is 11.9. The number of hydrogen-bond donors (Lipinski definition) is 2. The Hall–Kier alpha value is -0.690. The minimum absolute atomic E-state index is 0. The molecule has 2 rings (SSSR count). The Morgan fingerprint density at radius 3 is 2.50 bits per heavy atom. The van der Waals surface area contributed by atoms with Crippen LogP contribution in [0, 0.1) is 5.92 Å². The number of carbonyl (C=O) groups is 1. The molecule has 0 aliphatic carbocycles. The van der Waals surface area contributed by atoms with Crippen LogP contribution < -0.4 is 10.6 Å². The van der Waals surface area contributed by atoms with Gasteiger partial charge in [0.15, 0.2) is 5.96 Å². The van der Waals surface area contributed by atoms with E-state index in [9.17, 15) is 4.79 Å². The average Bonchev–Trinajstić information content (AvgIpc) is 2.75. The Kier molecular flexibility index (Phi) is 15.4. The van der Waals surface area contributed by atoms with Gasteiger partial charge in [-0.15, -0.1) is 24.0 Å². The van der Waals surface area contributed by atoms with Gasteiger partial charge in [-0.25, -0.2) is 0 Å². The number of ether oxygens (including phenoxy) is 3. The monoisotopic (exact) mass is 541 g/mol. The van der Waals surface area contributed by atoms with Crippen molar-refractivity contribution in [3.05, 3.63) is 0 Å². The van der Waals surface area contributed by atoms with Crippen molar-refractivity contribution in [3.8, 4) is 0 Å². The van der Waals surface area contributed by atoms with E-state index in [2.05, 4.69) is 25.4 Å². The van der Waals surface area contributed by atoms with Crippen LogP contribution in [-0.2, 0) is 19.0 Å². The van der Waals surface area contributed by atoms with Crippen LogP contribution in [0.1, 0.15) is 19.3 Å². The largest absolute Gasteiger partial charge is 0.383 e. The van der Waals surface area contributed by atoms with Crippen molar-refractivity contribution in [3.63, 3.8) is 0 Å². The zero-order valence-electron chi connectivity index (χ0n) is 18.6. The van der Waals surface area contributed by atoms with Crippen molar-refractivity contribution in [1.82, 2.24) is 20.4 Å².